The summed E-state index contributed by atoms with van der Waals surface area (Å²) in [6, 6.07) is 2.37. The lowest BCUT2D eigenvalue weighted by Gasteiger charge is -2.23. The molecule has 21 heavy (non-hydrogen) atoms. The van der Waals surface area contributed by atoms with E-state index in [1.165, 1.54) is 24.2 Å². The minimum absolute atomic E-state index is 0.0412. The van der Waals surface area contributed by atoms with Crippen LogP contribution in [0.5, 0.6) is 0 Å². The van der Waals surface area contributed by atoms with E-state index >= 15 is 0 Å². The molecule has 1 aliphatic carbocycles. The van der Waals surface area contributed by atoms with Crippen molar-refractivity contribution in [2.75, 3.05) is 12.8 Å². The van der Waals surface area contributed by atoms with Gasteiger partial charge in [0.25, 0.3) is 5.91 Å². The highest BCUT2D eigenvalue weighted by Crippen LogP contribution is 2.36. The van der Waals surface area contributed by atoms with Crippen LogP contribution in [0.25, 0.3) is 10.2 Å². The number of rotatable bonds is 2. The zero-order valence-electron chi connectivity index (χ0n) is 12.8. The first kappa shape index (κ1) is 14.3. The molecule has 5 heteroatoms. The van der Waals surface area contributed by atoms with Crippen molar-refractivity contribution in [1.82, 2.24) is 9.88 Å². The number of pyridine rings is 1. The molecule has 112 valence electrons. The Hall–Kier alpha value is -1.62. The molecule has 0 bridgehead atoms. The predicted octanol–water partition coefficient (Wildman–Crippen LogP) is 3.51. The Labute approximate surface area is 129 Å². The molecule has 1 saturated carbocycles. The minimum Gasteiger partial charge on any atom is -0.397 e. The third-order valence-corrected chi connectivity index (χ3v) is 5.50. The Morgan fingerprint density at radius 1 is 1.38 bits per heavy atom. The van der Waals surface area contributed by atoms with Gasteiger partial charge in [0, 0.05) is 24.2 Å². The number of fused-ring (bicyclic) bond motifs is 1. The van der Waals surface area contributed by atoms with Gasteiger partial charge in [-0.15, -0.1) is 11.3 Å². The smallest absolute Gasteiger partial charge is 0.266 e. The molecular weight excluding hydrogens is 282 g/mol. The third-order valence-electron chi connectivity index (χ3n) is 4.41. The second kappa shape index (κ2) is 5.30. The van der Waals surface area contributed by atoms with Gasteiger partial charge < -0.3 is 10.6 Å². The molecule has 3 rings (SSSR count). The highest BCUT2D eigenvalue weighted by atomic mass is 32.1. The van der Waals surface area contributed by atoms with Crippen molar-refractivity contribution in [3.8, 4) is 0 Å². The summed E-state index contributed by atoms with van der Waals surface area (Å²) in [5.74, 6) is 0.0412. The Kier molecular flexibility index (Phi) is 3.61. The number of amides is 1. The highest BCUT2D eigenvalue weighted by molar-refractivity contribution is 7.21. The number of nitrogen functional groups attached to an aromatic ring is 1. The van der Waals surface area contributed by atoms with Gasteiger partial charge in [0.1, 0.15) is 9.71 Å². The number of nitrogens with zero attached hydrogens (tertiary/aromatic N) is 2. The van der Waals surface area contributed by atoms with Gasteiger partial charge in [-0.2, -0.15) is 0 Å². The fourth-order valence-corrected chi connectivity index (χ4v) is 4.44. The Balaban J connectivity index is 2.02. The molecule has 2 N–H and O–H groups in total. The maximum Gasteiger partial charge on any atom is 0.266 e. The fraction of sp³-hybridized carbons (Fsp3) is 0.500. The fourth-order valence-electron chi connectivity index (χ4n) is 3.25. The normalized spacial score (nSPS) is 15.8. The number of carbonyl (C=O) groups excluding carboxylic acids is 1. The van der Waals surface area contributed by atoms with Gasteiger partial charge >= 0.3 is 0 Å². The number of hydrogen-bond acceptors (Lipinski definition) is 4. The van der Waals surface area contributed by atoms with Crippen LogP contribution < -0.4 is 5.73 Å². The van der Waals surface area contributed by atoms with Gasteiger partial charge in [-0.05, 0) is 38.3 Å². The molecule has 0 saturated heterocycles. The van der Waals surface area contributed by atoms with Crippen molar-refractivity contribution >= 4 is 33.1 Å². The molecule has 2 aromatic heterocycles. The lowest BCUT2D eigenvalue weighted by Crippen LogP contribution is -2.35. The monoisotopic (exact) mass is 303 g/mol. The summed E-state index contributed by atoms with van der Waals surface area (Å²) in [6.07, 6.45) is 4.63. The van der Waals surface area contributed by atoms with Gasteiger partial charge in [-0.25, -0.2) is 4.98 Å². The van der Waals surface area contributed by atoms with E-state index in [1.807, 2.05) is 31.9 Å². The van der Waals surface area contributed by atoms with Crippen LogP contribution >= 0.6 is 11.3 Å². The SMILES string of the molecule is Cc1cc(C)c2c(N)c(C(=O)N(C)C3CCCC3)sc2n1. The summed E-state index contributed by atoms with van der Waals surface area (Å²) in [5.41, 5.74) is 8.90. The second-order valence-corrected chi connectivity index (χ2v) is 6.96. The van der Waals surface area contributed by atoms with E-state index in [-0.39, 0.29) is 5.91 Å². The highest BCUT2D eigenvalue weighted by Gasteiger charge is 2.27. The zero-order valence-corrected chi connectivity index (χ0v) is 13.6. The first-order valence-electron chi connectivity index (χ1n) is 7.42. The Morgan fingerprint density at radius 2 is 2.05 bits per heavy atom. The lowest BCUT2D eigenvalue weighted by atomic mass is 10.1. The molecule has 2 heterocycles. The van der Waals surface area contributed by atoms with Crippen LogP contribution in [-0.2, 0) is 0 Å². The lowest BCUT2D eigenvalue weighted by molar-refractivity contribution is 0.0741. The van der Waals surface area contributed by atoms with Crippen molar-refractivity contribution in [1.29, 1.82) is 0 Å². The van der Waals surface area contributed by atoms with Gasteiger partial charge in [0.2, 0.25) is 0 Å². The standard InChI is InChI=1S/C16H21N3OS/c1-9-8-10(2)18-15-12(9)13(17)14(21-15)16(20)19(3)11-6-4-5-7-11/h8,11H,4-7,17H2,1-3H3. The summed E-state index contributed by atoms with van der Waals surface area (Å²) in [4.78, 5) is 20.7. The van der Waals surface area contributed by atoms with Crippen LogP contribution in [0.15, 0.2) is 6.07 Å². The van der Waals surface area contributed by atoms with Crippen molar-refractivity contribution in [2.45, 2.75) is 45.6 Å². The average molecular weight is 303 g/mol. The number of carbonyl (C=O) groups is 1. The molecule has 1 aliphatic rings. The summed E-state index contributed by atoms with van der Waals surface area (Å²) in [5, 5.41) is 0.939. The van der Waals surface area contributed by atoms with Crippen LogP contribution in [0.1, 0.15) is 46.6 Å². The number of nitrogens with two attached hydrogens (primary N) is 1. The van der Waals surface area contributed by atoms with E-state index in [2.05, 4.69) is 4.98 Å². The van der Waals surface area contributed by atoms with E-state index in [0.29, 0.717) is 16.6 Å². The summed E-state index contributed by atoms with van der Waals surface area (Å²) in [7, 11) is 1.90. The van der Waals surface area contributed by atoms with Crippen LogP contribution in [0.2, 0.25) is 0 Å². The number of aromatic nitrogens is 1. The number of anilines is 1. The maximum atomic E-state index is 12.7. The topological polar surface area (TPSA) is 59.2 Å². The van der Waals surface area contributed by atoms with Crippen molar-refractivity contribution < 1.29 is 4.79 Å². The van der Waals surface area contributed by atoms with E-state index in [4.69, 9.17) is 5.73 Å². The molecule has 1 amide bonds. The number of thiophene rings is 1. The first-order valence-corrected chi connectivity index (χ1v) is 8.24. The van der Waals surface area contributed by atoms with Gasteiger partial charge in [-0.1, -0.05) is 12.8 Å². The Morgan fingerprint density at radius 3 is 2.71 bits per heavy atom. The van der Waals surface area contributed by atoms with Crippen LogP contribution in [0.3, 0.4) is 0 Å². The van der Waals surface area contributed by atoms with Crippen molar-refractivity contribution in [3.63, 3.8) is 0 Å². The van der Waals surface area contributed by atoms with Gasteiger partial charge in [0.15, 0.2) is 0 Å². The molecule has 0 radical (unpaired) electrons. The summed E-state index contributed by atoms with van der Waals surface area (Å²) >= 11 is 1.42. The van der Waals surface area contributed by atoms with Gasteiger partial charge in [-0.3, -0.25) is 4.79 Å². The maximum absolute atomic E-state index is 12.7. The van der Waals surface area contributed by atoms with Crippen molar-refractivity contribution in [3.05, 3.63) is 22.2 Å². The van der Waals surface area contributed by atoms with Crippen LogP contribution in [0.4, 0.5) is 5.69 Å². The zero-order chi connectivity index (χ0) is 15.1. The predicted molar refractivity (Wildman–Crippen MR) is 87.9 cm³/mol. The summed E-state index contributed by atoms with van der Waals surface area (Å²) in [6.45, 7) is 3.99. The number of hydrogen-bond donors (Lipinski definition) is 1. The quantitative estimate of drug-likeness (QED) is 0.923. The molecule has 0 aromatic carbocycles. The van der Waals surface area contributed by atoms with E-state index < -0.39 is 0 Å². The average Bonchev–Trinajstić information content (AvgIpc) is 3.05. The molecular formula is C16H21N3OS. The van der Waals surface area contributed by atoms with Crippen LogP contribution in [0, 0.1) is 13.8 Å². The van der Waals surface area contributed by atoms with E-state index in [0.717, 1.165) is 34.3 Å². The molecule has 0 aliphatic heterocycles. The first-order chi connectivity index (χ1) is 9.99. The van der Waals surface area contributed by atoms with Crippen LogP contribution in [-0.4, -0.2) is 28.9 Å². The number of aryl methyl sites for hydroxylation is 2. The minimum atomic E-state index is 0.0412. The van der Waals surface area contributed by atoms with E-state index in [1.54, 1.807) is 0 Å². The largest absolute Gasteiger partial charge is 0.397 e. The van der Waals surface area contributed by atoms with Gasteiger partial charge in [0.05, 0.1) is 5.69 Å². The Bertz CT molecular complexity index is 701. The molecule has 1 fully saturated rings. The van der Waals surface area contributed by atoms with E-state index in [9.17, 15) is 4.79 Å². The summed E-state index contributed by atoms with van der Waals surface area (Å²) < 4.78 is 0. The molecule has 0 spiro atoms. The van der Waals surface area contributed by atoms with Crippen molar-refractivity contribution in [2.24, 2.45) is 0 Å². The second-order valence-electron chi connectivity index (χ2n) is 5.96. The molecule has 4 nitrogen and oxygen atoms in total. The molecule has 0 unspecified atom stereocenters. The molecule has 0 atom stereocenters. The molecule has 2 aromatic rings. The third kappa shape index (κ3) is 2.39.